The molecular weight excluding hydrogens is 499 g/mol. The smallest absolute Gasteiger partial charge is 0.379 e. The van der Waals surface area contributed by atoms with E-state index in [0.29, 0.717) is 38.5 Å². The number of amides is 2. The van der Waals surface area contributed by atoms with Gasteiger partial charge < -0.3 is 29.9 Å². The van der Waals surface area contributed by atoms with Gasteiger partial charge in [-0.3, -0.25) is 0 Å². The number of halogens is 3. The Hall–Kier alpha value is -3.05. The Morgan fingerprint density at radius 3 is 2.63 bits per heavy atom. The highest BCUT2D eigenvalue weighted by Crippen LogP contribution is 2.33. The zero-order chi connectivity index (χ0) is 26.7. The van der Waals surface area contributed by atoms with E-state index in [2.05, 4.69) is 21.6 Å². The van der Waals surface area contributed by atoms with Crippen LogP contribution >= 0.6 is 0 Å². The molecule has 0 aliphatic carbocycles. The number of anilines is 3. The lowest BCUT2D eigenvalue weighted by atomic mass is 10.00. The molecule has 11 heteroatoms. The van der Waals surface area contributed by atoms with Crippen LogP contribution in [0, 0.1) is 12.8 Å². The third-order valence-electron chi connectivity index (χ3n) is 7.32. The molecule has 3 saturated heterocycles. The second-order valence-corrected chi connectivity index (χ2v) is 10.3. The summed E-state index contributed by atoms with van der Waals surface area (Å²) in [7, 11) is 0. The molecule has 2 aromatic rings. The molecule has 1 aromatic heterocycles. The topological polar surface area (TPSA) is 79.0 Å². The summed E-state index contributed by atoms with van der Waals surface area (Å²) in [5.41, 5.74) is 3.53. The molecule has 38 heavy (non-hydrogen) atoms. The van der Waals surface area contributed by atoms with Gasteiger partial charge in [0.25, 0.3) is 0 Å². The van der Waals surface area contributed by atoms with Gasteiger partial charge in [-0.2, -0.15) is 13.2 Å². The fourth-order valence-corrected chi connectivity index (χ4v) is 5.28. The molecule has 3 aliphatic heterocycles. The zero-order valence-electron chi connectivity index (χ0n) is 21.5. The van der Waals surface area contributed by atoms with Crippen LogP contribution in [0.1, 0.15) is 24.8 Å². The first-order chi connectivity index (χ1) is 18.2. The first-order valence-corrected chi connectivity index (χ1v) is 13.2. The number of urea groups is 1. The average Bonchev–Trinajstić information content (AvgIpc) is 3.57. The van der Waals surface area contributed by atoms with E-state index >= 15 is 0 Å². The van der Waals surface area contributed by atoms with Crippen molar-refractivity contribution in [1.29, 1.82) is 0 Å². The highest BCUT2D eigenvalue weighted by atomic mass is 19.4. The number of nitrogens with one attached hydrogen (secondary N) is 2. The Balaban J connectivity index is 1.36. The van der Waals surface area contributed by atoms with Gasteiger partial charge in [0.15, 0.2) is 0 Å². The summed E-state index contributed by atoms with van der Waals surface area (Å²) in [6.07, 6.45) is -3.80. The second kappa shape index (κ2) is 11.4. The predicted octanol–water partition coefficient (Wildman–Crippen LogP) is 4.90. The molecule has 3 aliphatic rings. The lowest BCUT2D eigenvalue weighted by molar-refractivity contribution is -0.143. The number of morpholine rings is 1. The highest BCUT2D eigenvalue weighted by molar-refractivity contribution is 5.91. The van der Waals surface area contributed by atoms with Gasteiger partial charge in [0.05, 0.1) is 25.9 Å². The van der Waals surface area contributed by atoms with Crippen molar-refractivity contribution >= 4 is 23.4 Å². The number of benzene rings is 1. The van der Waals surface area contributed by atoms with Gasteiger partial charge in [0.1, 0.15) is 11.6 Å². The van der Waals surface area contributed by atoms with Gasteiger partial charge in [0.2, 0.25) is 0 Å². The maximum absolute atomic E-state index is 12.8. The normalized spacial score (nSPS) is 22.1. The third kappa shape index (κ3) is 6.68. The van der Waals surface area contributed by atoms with Crippen LogP contribution in [0.15, 0.2) is 30.3 Å². The number of carbonyl (C=O) groups is 1. The molecule has 5 rings (SSSR count). The molecule has 206 valence electrons. The van der Waals surface area contributed by atoms with Gasteiger partial charge in [-0.05, 0) is 66.6 Å². The van der Waals surface area contributed by atoms with Gasteiger partial charge in [-0.1, -0.05) is 6.07 Å². The van der Waals surface area contributed by atoms with Crippen LogP contribution in [-0.4, -0.2) is 80.7 Å². The number of likely N-dealkylation sites (tertiary alicyclic amines) is 1. The van der Waals surface area contributed by atoms with Gasteiger partial charge >= 0.3 is 12.2 Å². The summed E-state index contributed by atoms with van der Waals surface area (Å²) in [5, 5.41) is 6.39. The molecule has 2 atom stereocenters. The Kier molecular flexibility index (Phi) is 7.94. The Bertz CT molecular complexity index is 1130. The standard InChI is InChI=1S/C27H34F3N5O3/c1-18-2-3-21(32-26(36)35-6-4-19(16-35)15-27(28,29)30)14-23(18)20-12-24(31-22-5-9-38-17-22)33-25(13-20)34-7-10-37-11-8-34/h2-3,12-14,19,22H,4-11,15-17H2,1H3,(H,31,33)(H,32,36)/t19-,22+/m0/s1. The molecule has 1 aromatic carbocycles. The fourth-order valence-electron chi connectivity index (χ4n) is 5.28. The van der Waals surface area contributed by atoms with Crippen molar-refractivity contribution in [3.8, 4) is 11.1 Å². The molecule has 0 unspecified atom stereocenters. The van der Waals surface area contributed by atoms with Crippen LogP contribution in [0.5, 0.6) is 0 Å². The molecule has 0 saturated carbocycles. The Morgan fingerprint density at radius 1 is 1.08 bits per heavy atom. The number of rotatable bonds is 6. The van der Waals surface area contributed by atoms with Crippen molar-refractivity contribution < 1.29 is 27.4 Å². The molecule has 8 nitrogen and oxygen atoms in total. The molecule has 2 N–H and O–H groups in total. The number of pyridine rings is 1. The van der Waals surface area contributed by atoms with E-state index in [1.165, 1.54) is 4.90 Å². The lowest BCUT2D eigenvalue weighted by Gasteiger charge is -2.29. The first kappa shape index (κ1) is 26.6. The Morgan fingerprint density at radius 2 is 1.89 bits per heavy atom. The minimum absolute atomic E-state index is 0.108. The number of aryl methyl sites for hydroxylation is 1. The molecule has 0 spiro atoms. The zero-order valence-corrected chi connectivity index (χ0v) is 21.5. The van der Waals surface area contributed by atoms with Crippen LogP contribution < -0.4 is 15.5 Å². The van der Waals surface area contributed by atoms with Gasteiger partial charge in [-0.25, -0.2) is 9.78 Å². The van der Waals surface area contributed by atoms with Crippen molar-refractivity contribution in [2.24, 2.45) is 5.92 Å². The van der Waals surface area contributed by atoms with E-state index in [0.717, 1.165) is 54.4 Å². The summed E-state index contributed by atoms with van der Waals surface area (Å²) in [5.74, 6) is 1.07. The van der Waals surface area contributed by atoms with E-state index in [9.17, 15) is 18.0 Å². The van der Waals surface area contributed by atoms with Gasteiger partial charge in [-0.15, -0.1) is 0 Å². The van der Waals surface area contributed by atoms with E-state index in [1.54, 1.807) is 0 Å². The monoisotopic (exact) mass is 533 g/mol. The minimum Gasteiger partial charge on any atom is -0.379 e. The van der Waals surface area contributed by atoms with Crippen LogP contribution in [0.3, 0.4) is 0 Å². The van der Waals surface area contributed by atoms with E-state index in [4.69, 9.17) is 14.5 Å². The first-order valence-electron chi connectivity index (χ1n) is 13.2. The number of hydrogen-bond acceptors (Lipinski definition) is 6. The molecule has 3 fully saturated rings. The van der Waals surface area contributed by atoms with E-state index in [1.807, 2.05) is 31.2 Å². The number of aromatic nitrogens is 1. The van der Waals surface area contributed by atoms with Crippen molar-refractivity contribution in [2.45, 2.75) is 38.4 Å². The van der Waals surface area contributed by atoms with Crippen LogP contribution in [0.4, 0.5) is 35.3 Å². The summed E-state index contributed by atoms with van der Waals surface area (Å²) < 4.78 is 49.3. The molecule has 4 heterocycles. The quantitative estimate of drug-likeness (QED) is 0.550. The van der Waals surface area contributed by atoms with Crippen molar-refractivity contribution in [3.05, 3.63) is 35.9 Å². The number of nitrogens with zero attached hydrogens (tertiary/aromatic N) is 3. The number of alkyl halides is 3. The molecule has 0 radical (unpaired) electrons. The average molecular weight is 534 g/mol. The van der Waals surface area contributed by atoms with Crippen LogP contribution in [0.2, 0.25) is 0 Å². The number of hydrogen-bond donors (Lipinski definition) is 2. The second-order valence-electron chi connectivity index (χ2n) is 10.3. The molecular formula is C27H34F3N5O3. The van der Waals surface area contributed by atoms with Crippen molar-refractivity contribution in [1.82, 2.24) is 9.88 Å². The lowest BCUT2D eigenvalue weighted by Crippen LogP contribution is -2.37. The number of ether oxygens (including phenoxy) is 2. The third-order valence-corrected chi connectivity index (χ3v) is 7.32. The van der Waals surface area contributed by atoms with E-state index in [-0.39, 0.29) is 18.6 Å². The van der Waals surface area contributed by atoms with Crippen molar-refractivity contribution in [2.75, 3.05) is 68.1 Å². The summed E-state index contributed by atoms with van der Waals surface area (Å²) in [4.78, 5) is 21.4. The maximum atomic E-state index is 12.8. The summed E-state index contributed by atoms with van der Waals surface area (Å²) in [6, 6.07) is 9.56. The minimum atomic E-state index is -4.22. The van der Waals surface area contributed by atoms with E-state index < -0.39 is 18.5 Å². The summed E-state index contributed by atoms with van der Waals surface area (Å²) >= 11 is 0. The highest BCUT2D eigenvalue weighted by Gasteiger charge is 2.36. The largest absolute Gasteiger partial charge is 0.389 e. The predicted molar refractivity (Wildman–Crippen MR) is 140 cm³/mol. The number of carbonyl (C=O) groups excluding carboxylic acids is 1. The van der Waals surface area contributed by atoms with Crippen molar-refractivity contribution in [3.63, 3.8) is 0 Å². The summed E-state index contributed by atoms with van der Waals surface area (Å²) in [6.45, 7) is 6.59. The van der Waals surface area contributed by atoms with Crippen LogP contribution in [-0.2, 0) is 9.47 Å². The van der Waals surface area contributed by atoms with Gasteiger partial charge in [0, 0.05) is 44.9 Å². The fraction of sp³-hybridized carbons (Fsp3) is 0.556. The maximum Gasteiger partial charge on any atom is 0.389 e. The molecule has 0 bridgehead atoms. The van der Waals surface area contributed by atoms with Crippen LogP contribution in [0.25, 0.3) is 11.1 Å². The Labute approximate surface area is 220 Å². The SMILES string of the molecule is Cc1ccc(NC(=O)N2CC[C@@H](CC(F)(F)F)C2)cc1-c1cc(N[C@@H]2CCOC2)nc(N2CCOCC2)c1. The molecule has 2 amide bonds.